The lowest BCUT2D eigenvalue weighted by Gasteiger charge is -2.33. The van der Waals surface area contributed by atoms with Gasteiger partial charge >= 0.3 is 0 Å². The van der Waals surface area contributed by atoms with E-state index in [1.165, 1.54) is 25.9 Å². The normalized spacial score (nSPS) is 20.4. The number of carbonyl (C=O) groups is 1. The Bertz CT molecular complexity index is 403. The standard InChI is InChI=1S/C16H31N5OS/c1-20(2)15(22)12-18-16(17-8-11-23-3)19-13-6-9-21(10-7-13)14-4-5-14/h13-14H,4-12H2,1-3H3,(H2,17,18,19). The molecule has 0 atom stereocenters. The lowest BCUT2D eigenvalue weighted by Crippen LogP contribution is -2.49. The highest BCUT2D eigenvalue weighted by Crippen LogP contribution is 2.29. The largest absolute Gasteiger partial charge is 0.356 e. The number of hydrogen-bond acceptors (Lipinski definition) is 4. The van der Waals surface area contributed by atoms with Crippen molar-refractivity contribution in [3.05, 3.63) is 0 Å². The Labute approximate surface area is 144 Å². The van der Waals surface area contributed by atoms with E-state index < -0.39 is 0 Å². The molecule has 2 rings (SSSR count). The maximum absolute atomic E-state index is 11.7. The van der Waals surface area contributed by atoms with E-state index >= 15 is 0 Å². The van der Waals surface area contributed by atoms with Crippen molar-refractivity contribution in [2.24, 2.45) is 4.99 Å². The van der Waals surface area contributed by atoms with Gasteiger partial charge < -0.3 is 20.4 Å². The Balaban J connectivity index is 1.80. The molecule has 1 aliphatic carbocycles. The molecule has 1 saturated carbocycles. The number of hydrogen-bond donors (Lipinski definition) is 2. The average Bonchev–Trinajstić information content (AvgIpc) is 3.37. The molecule has 0 aromatic carbocycles. The second kappa shape index (κ2) is 9.37. The predicted molar refractivity (Wildman–Crippen MR) is 98.1 cm³/mol. The van der Waals surface area contributed by atoms with Crippen molar-refractivity contribution in [2.45, 2.75) is 37.8 Å². The molecule has 0 aromatic rings. The van der Waals surface area contributed by atoms with E-state index in [2.05, 4.69) is 26.8 Å². The van der Waals surface area contributed by atoms with Crippen LogP contribution >= 0.6 is 11.8 Å². The summed E-state index contributed by atoms with van der Waals surface area (Å²) in [6.45, 7) is 3.42. The molecule has 0 aromatic heterocycles. The highest BCUT2D eigenvalue weighted by atomic mass is 32.2. The predicted octanol–water partition coefficient (Wildman–Crippen LogP) is 0.600. The first-order valence-electron chi connectivity index (χ1n) is 8.58. The molecular formula is C16H31N5OS. The fourth-order valence-electron chi connectivity index (χ4n) is 2.75. The number of likely N-dealkylation sites (N-methyl/N-ethyl adjacent to an activating group) is 1. The third-order valence-corrected chi connectivity index (χ3v) is 5.02. The Morgan fingerprint density at radius 3 is 2.52 bits per heavy atom. The monoisotopic (exact) mass is 341 g/mol. The second-order valence-electron chi connectivity index (χ2n) is 6.56. The van der Waals surface area contributed by atoms with Crippen LogP contribution in [0.25, 0.3) is 0 Å². The van der Waals surface area contributed by atoms with Crippen LogP contribution in [0.5, 0.6) is 0 Å². The molecule has 2 fully saturated rings. The van der Waals surface area contributed by atoms with Gasteiger partial charge in [0.05, 0.1) is 0 Å². The maximum Gasteiger partial charge on any atom is 0.243 e. The summed E-state index contributed by atoms with van der Waals surface area (Å²) in [6, 6.07) is 1.32. The zero-order valence-corrected chi connectivity index (χ0v) is 15.5. The van der Waals surface area contributed by atoms with Crippen LogP contribution in [0.2, 0.25) is 0 Å². The first kappa shape index (κ1) is 18.4. The Hall–Kier alpha value is -0.950. The van der Waals surface area contributed by atoms with Crippen LogP contribution in [0.15, 0.2) is 4.99 Å². The number of guanidine groups is 1. The zero-order chi connectivity index (χ0) is 16.7. The SMILES string of the molecule is CSCCNC(=NCC(=O)N(C)C)NC1CCN(C2CC2)CC1. The minimum absolute atomic E-state index is 0.0273. The zero-order valence-electron chi connectivity index (χ0n) is 14.7. The third-order valence-electron chi connectivity index (χ3n) is 4.40. The molecule has 2 N–H and O–H groups in total. The molecule has 1 amide bonds. The molecule has 0 radical (unpaired) electrons. The molecular weight excluding hydrogens is 310 g/mol. The summed E-state index contributed by atoms with van der Waals surface area (Å²) in [6.07, 6.45) is 7.17. The lowest BCUT2D eigenvalue weighted by atomic mass is 10.1. The van der Waals surface area contributed by atoms with Crippen molar-refractivity contribution in [3.63, 3.8) is 0 Å². The van der Waals surface area contributed by atoms with E-state index in [-0.39, 0.29) is 12.5 Å². The topological polar surface area (TPSA) is 60.0 Å². The first-order valence-corrected chi connectivity index (χ1v) is 9.97. The van der Waals surface area contributed by atoms with Gasteiger partial charge in [0, 0.05) is 51.6 Å². The Morgan fingerprint density at radius 2 is 1.96 bits per heavy atom. The minimum atomic E-state index is 0.0273. The number of piperidine rings is 1. The van der Waals surface area contributed by atoms with Gasteiger partial charge in [-0.15, -0.1) is 0 Å². The molecule has 0 unspecified atom stereocenters. The second-order valence-corrected chi connectivity index (χ2v) is 7.54. The minimum Gasteiger partial charge on any atom is -0.356 e. The van der Waals surface area contributed by atoms with Crippen molar-refractivity contribution < 1.29 is 4.79 Å². The van der Waals surface area contributed by atoms with Gasteiger partial charge in [-0.1, -0.05) is 0 Å². The number of nitrogens with one attached hydrogen (secondary N) is 2. The van der Waals surface area contributed by atoms with Gasteiger partial charge in [-0.25, -0.2) is 4.99 Å². The number of amides is 1. The Kier molecular flexibility index (Phi) is 7.49. The van der Waals surface area contributed by atoms with Crippen LogP contribution in [0.4, 0.5) is 0 Å². The van der Waals surface area contributed by atoms with Crippen molar-refractivity contribution in [2.75, 3.05) is 52.3 Å². The van der Waals surface area contributed by atoms with Crippen LogP contribution in [0, 0.1) is 0 Å². The highest BCUT2D eigenvalue weighted by molar-refractivity contribution is 7.98. The summed E-state index contributed by atoms with van der Waals surface area (Å²) in [7, 11) is 3.53. The Morgan fingerprint density at radius 1 is 1.26 bits per heavy atom. The van der Waals surface area contributed by atoms with E-state index in [4.69, 9.17) is 0 Å². The van der Waals surface area contributed by atoms with Crippen LogP contribution in [0.1, 0.15) is 25.7 Å². The summed E-state index contributed by atoms with van der Waals surface area (Å²) in [4.78, 5) is 20.4. The van der Waals surface area contributed by atoms with Crippen LogP contribution in [-0.4, -0.2) is 86.0 Å². The molecule has 23 heavy (non-hydrogen) atoms. The number of rotatable bonds is 7. The lowest BCUT2D eigenvalue weighted by molar-refractivity contribution is -0.127. The van der Waals surface area contributed by atoms with Gasteiger partial charge in [0.15, 0.2) is 5.96 Å². The van der Waals surface area contributed by atoms with Crippen molar-refractivity contribution in [1.29, 1.82) is 0 Å². The van der Waals surface area contributed by atoms with Crippen molar-refractivity contribution >= 4 is 23.6 Å². The van der Waals surface area contributed by atoms with Crippen LogP contribution in [0.3, 0.4) is 0 Å². The summed E-state index contributed by atoms with van der Waals surface area (Å²) < 4.78 is 0. The van der Waals surface area contributed by atoms with Gasteiger partial charge in [-0.05, 0) is 31.9 Å². The van der Waals surface area contributed by atoms with Gasteiger partial charge in [-0.2, -0.15) is 11.8 Å². The van der Waals surface area contributed by atoms with Gasteiger partial charge in [0.2, 0.25) is 5.91 Å². The molecule has 6 nitrogen and oxygen atoms in total. The summed E-state index contributed by atoms with van der Waals surface area (Å²) in [5.41, 5.74) is 0. The first-order chi connectivity index (χ1) is 11.1. The van der Waals surface area contributed by atoms with Gasteiger partial charge in [-0.3, -0.25) is 4.79 Å². The number of carbonyl (C=O) groups excluding carboxylic acids is 1. The summed E-state index contributed by atoms with van der Waals surface area (Å²) in [5, 5.41) is 6.86. The fourth-order valence-corrected chi connectivity index (χ4v) is 3.06. The number of nitrogens with zero attached hydrogens (tertiary/aromatic N) is 3. The van der Waals surface area contributed by atoms with E-state index in [0.29, 0.717) is 6.04 Å². The molecule has 1 aliphatic heterocycles. The highest BCUT2D eigenvalue weighted by Gasteiger charge is 2.31. The third kappa shape index (κ3) is 6.59. The fraction of sp³-hybridized carbons (Fsp3) is 0.875. The number of thioether (sulfide) groups is 1. The van der Waals surface area contributed by atoms with E-state index in [0.717, 1.165) is 37.1 Å². The number of likely N-dealkylation sites (tertiary alicyclic amines) is 1. The maximum atomic E-state index is 11.7. The molecule has 0 bridgehead atoms. The van der Waals surface area contributed by atoms with E-state index in [1.807, 2.05) is 0 Å². The van der Waals surface area contributed by atoms with E-state index in [9.17, 15) is 4.79 Å². The molecule has 1 saturated heterocycles. The molecule has 132 valence electrons. The van der Waals surface area contributed by atoms with Crippen LogP contribution < -0.4 is 10.6 Å². The smallest absolute Gasteiger partial charge is 0.243 e. The van der Waals surface area contributed by atoms with Crippen molar-refractivity contribution in [1.82, 2.24) is 20.4 Å². The molecule has 0 spiro atoms. The molecule has 7 heteroatoms. The van der Waals surface area contributed by atoms with Crippen LogP contribution in [-0.2, 0) is 4.79 Å². The van der Waals surface area contributed by atoms with Gasteiger partial charge in [0.25, 0.3) is 0 Å². The summed E-state index contributed by atoms with van der Waals surface area (Å²) >= 11 is 1.80. The van der Waals surface area contributed by atoms with Gasteiger partial charge in [0.1, 0.15) is 6.54 Å². The van der Waals surface area contributed by atoms with Crippen molar-refractivity contribution in [3.8, 4) is 0 Å². The number of aliphatic imine (C=N–C) groups is 1. The average molecular weight is 342 g/mol. The molecule has 2 aliphatic rings. The van der Waals surface area contributed by atoms with E-state index in [1.54, 1.807) is 30.8 Å². The summed E-state index contributed by atoms with van der Waals surface area (Å²) in [5.74, 6) is 1.83. The quantitative estimate of drug-likeness (QED) is 0.403. The molecule has 1 heterocycles.